The highest BCUT2D eigenvalue weighted by Gasteiger charge is 2.32. The summed E-state index contributed by atoms with van der Waals surface area (Å²) in [5.41, 5.74) is -0.391. The molecule has 35 heavy (non-hydrogen) atoms. The molecule has 0 radical (unpaired) electrons. The Kier molecular flexibility index (Phi) is 7.79. The van der Waals surface area contributed by atoms with Gasteiger partial charge in [-0.15, -0.1) is 0 Å². The van der Waals surface area contributed by atoms with Crippen LogP contribution in [0.5, 0.6) is 0 Å². The Balaban J connectivity index is 1.65. The number of alkyl halides is 3. The average molecular weight is 489 g/mol. The molecule has 8 heteroatoms. The normalized spacial score (nSPS) is 22.5. The molecule has 0 bridgehead atoms. The van der Waals surface area contributed by atoms with Gasteiger partial charge >= 0.3 is 11.9 Å². The molecule has 1 N–H and O–H groups in total. The monoisotopic (exact) mass is 488 g/mol. The van der Waals surface area contributed by atoms with Crippen LogP contribution in [-0.2, 0) is 23.9 Å². The van der Waals surface area contributed by atoms with Crippen LogP contribution < -0.4 is 11.2 Å². The van der Waals surface area contributed by atoms with Crippen molar-refractivity contribution in [3.8, 4) is 0 Å². The number of aromatic nitrogens is 2. The molecule has 1 fully saturated rings. The van der Waals surface area contributed by atoms with Gasteiger partial charge < -0.3 is 9.72 Å². The summed E-state index contributed by atoms with van der Waals surface area (Å²) in [7, 11) is 1.48. The van der Waals surface area contributed by atoms with E-state index < -0.39 is 23.0 Å². The maximum Gasteiger partial charge on any atom is 0.416 e. The molecule has 2 aromatic rings. The highest BCUT2D eigenvalue weighted by molar-refractivity contribution is 5.33. The lowest BCUT2D eigenvalue weighted by atomic mass is 9.72. The second-order valence-corrected chi connectivity index (χ2v) is 9.47. The summed E-state index contributed by atoms with van der Waals surface area (Å²) in [6.45, 7) is 0.259. The predicted molar refractivity (Wildman–Crippen MR) is 129 cm³/mol. The van der Waals surface area contributed by atoms with E-state index in [-0.39, 0.29) is 25.5 Å². The van der Waals surface area contributed by atoms with E-state index in [0.717, 1.165) is 48.8 Å². The highest BCUT2D eigenvalue weighted by Crippen LogP contribution is 2.41. The van der Waals surface area contributed by atoms with Crippen LogP contribution in [0.15, 0.2) is 58.2 Å². The second kappa shape index (κ2) is 10.8. The smallest absolute Gasteiger partial charge is 0.383 e. The van der Waals surface area contributed by atoms with Gasteiger partial charge in [0.25, 0.3) is 5.56 Å². The first-order chi connectivity index (χ1) is 16.8. The minimum absolute atomic E-state index is 0.00682. The van der Waals surface area contributed by atoms with Gasteiger partial charge in [0, 0.05) is 24.8 Å². The van der Waals surface area contributed by atoms with Gasteiger partial charge in [0.15, 0.2) is 0 Å². The van der Waals surface area contributed by atoms with Crippen molar-refractivity contribution in [3.05, 3.63) is 91.8 Å². The first kappa shape index (κ1) is 25.2. The van der Waals surface area contributed by atoms with Crippen LogP contribution in [0.25, 0.3) is 0 Å². The molecule has 1 heterocycles. The molecule has 0 saturated heterocycles. The van der Waals surface area contributed by atoms with Gasteiger partial charge in [-0.2, -0.15) is 13.2 Å². The molecule has 4 rings (SSSR count). The number of nitrogens with zero attached hydrogens (tertiary/aromatic N) is 1. The molecule has 2 aliphatic rings. The van der Waals surface area contributed by atoms with E-state index in [4.69, 9.17) is 4.74 Å². The number of ether oxygens (including phenoxy) is 1. The summed E-state index contributed by atoms with van der Waals surface area (Å²) < 4.78 is 45.9. The summed E-state index contributed by atoms with van der Waals surface area (Å²) in [6.07, 6.45) is 8.77. The third-order valence-corrected chi connectivity index (χ3v) is 7.27. The molecule has 1 aromatic carbocycles. The van der Waals surface area contributed by atoms with Gasteiger partial charge in [-0.1, -0.05) is 42.5 Å². The molecule has 5 nitrogen and oxygen atoms in total. The number of H-pyrrole nitrogens is 1. The molecule has 0 aliphatic heterocycles. The largest absolute Gasteiger partial charge is 0.416 e. The molecule has 0 spiro atoms. The minimum Gasteiger partial charge on any atom is -0.383 e. The van der Waals surface area contributed by atoms with Crippen molar-refractivity contribution in [2.24, 2.45) is 11.8 Å². The lowest BCUT2D eigenvalue weighted by molar-refractivity contribution is -0.137. The summed E-state index contributed by atoms with van der Waals surface area (Å²) in [5, 5.41) is 0. The number of aromatic amines is 1. The van der Waals surface area contributed by atoms with Crippen molar-refractivity contribution in [2.75, 3.05) is 13.7 Å². The second-order valence-electron chi connectivity index (χ2n) is 9.47. The van der Waals surface area contributed by atoms with E-state index in [9.17, 15) is 22.8 Å². The van der Waals surface area contributed by atoms with Gasteiger partial charge in [0.2, 0.25) is 0 Å². The fourth-order valence-corrected chi connectivity index (χ4v) is 5.38. The number of rotatable bonds is 7. The summed E-state index contributed by atoms with van der Waals surface area (Å²) in [4.78, 5) is 29.1. The molecule has 1 saturated carbocycles. The van der Waals surface area contributed by atoms with Crippen molar-refractivity contribution < 1.29 is 17.9 Å². The quantitative estimate of drug-likeness (QED) is 0.583. The summed E-state index contributed by atoms with van der Waals surface area (Å²) >= 11 is 0. The Morgan fingerprint density at radius 1 is 1.11 bits per heavy atom. The van der Waals surface area contributed by atoms with E-state index in [1.54, 1.807) is 6.07 Å². The fourth-order valence-electron chi connectivity index (χ4n) is 5.38. The van der Waals surface area contributed by atoms with E-state index in [1.807, 2.05) is 0 Å². The van der Waals surface area contributed by atoms with Crippen LogP contribution in [0.4, 0.5) is 13.2 Å². The standard InChI is InChI=1S/C27H31F3N2O3/c1-35-15-14-32-25(33)23(17-18-6-5-9-22(16-18)27(28,29)30)24(31-26(32)34)21-12-10-20(11-13-21)19-7-3-2-4-8-19/h2-7,9,16,19-21H,8,10-15,17H2,1H3,(H,31,34)/t19?,20-,21-. The molecule has 188 valence electrons. The first-order valence-corrected chi connectivity index (χ1v) is 12.1. The van der Waals surface area contributed by atoms with Crippen LogP contribution in [0.3, 0.4) is 0 Å². The van der Waals surface area contributed by atoms with Crippen LogP contribution in [-0.4, -0.2) is 23.3 Å². The van der Waals surface area contributed by atoms with Crippen molar-refractivity contribution >= 4 is 0 Å². The van der Waals surface area contributed by atoms with E-state index in [1.165, 1.54) is 13.2 Å². The van der Waals surface area contributed by atoms with Crippen LogP contribution in [0.2, 0.25) is 0 Å². The molecule has 1 unspecified atom stereocenters. The Bertz CT molecular complexity index is 1200. The van der Waals surface area contributed by atoms with Gasteiger partial charge in [-0.3, -0.25) is 9.36 Å². The van der Waals surface area contributed by atoms with Crippen LogP contribution in [0, 0.1) is 11.8 Å². The van der Waals surface area contributed by atoms with Crippen molar-refractivity contribution in [1.82, 2.24) is 9.55 Å². The molecule has 2 aliphatic carbocycles. The third kappa shape index (κ3) is 5.86. The third-order valence-electron chi connectivity index (χ3n) is 7.27. The van der Waals surface area contributed by atoms with Gasteiger partial charge in [-0.05, 0) is 61.5 Å². The topological polar surface area (TPSA) is 64.1 Å². The number of nitrogens with one attached hydrogen (secondary N) is 1. The zero-order valence-corrected chi connectivity index (χ0v) is 19.8. The number of benzene rings is 1. The van der Waals surface area contributed by atoms with E-state index >= 15 is 0 Å². The lowest BCUT2D eigenvalue weighted by Crippen LogP contribution is -2.40. The highest BCUT2D eigenvalue weighted by atomic mass is 19.4. The number of hydrogen-bond donors (Lipinski definition) is 1. The number of hydrogen-bond acceptors (Lipinski definition) is 3. The maximum atomic E-state index is 13.4. The Morgan fingerprint density at radius 2 is 1.89 bits per heavy atom. The summed E-state index contributed by atoms with van der Waals surface area (Å²) in [6, 6.07) is 5.03. The Labute approximate surface area is 202 Å². The number of methoxy groups -OCH3 is 1. The van der Waals surface area contributed by atoms with Crippen molar-refractivity contribution in [3.63, 3.8) is 0 Å². The maximum absolute atomic E-state index is 13.4. The Morgan fingerprint density at radius 3 is 2.54 bits per heavy atom. The number of allylic oxidation sites excluding steroid dienone is 4. The van der Waals surface area contributed by atoms with E-state index in [2.05, 4.69) is 29.3 Å². The molecular formula is C27H31F3N2O3. The first-order valence-electron chi connectivity index (χ1n) is 12.1. The molecule has 1 aromatic heterocycles. The van der Waals surface area contributed by atoms with Crippen LogP contribution in [0.1, 0.15) is 60.4 Å². The van der Waals surface area contributed by atoms with Crippen molar-refractivity contribution in [1.29, 1.82) is 0 Å². The van der Waals surface area contributed by atoms with Gasteiger partial charge in [0.05, 0.1) is 18.7 Å². The number of halogens is 3. The fraction of sp³-hybridized carbons (Fsp3) is 0.481. The van der Waals surface area contributed by atoms with E-state index in [0.29, 0.717) is 28.7 Å². The molecule has 1 atom stereocenters. The van der Waals surface area contributed by atoms with Gasteiger partial charge in [0.1, 0.15) is 0 Å². The lowest BCUT2D eigenvalue weighted by Gasteiger charge is -2.33. The molecular weight excluding hydrogens is 457 g/mol. The minimum atomic E-state index is -4.47. The summed E-state index contributed by atoms with van der Waals surface area (Å²) in [5.74, 6) is 1.05. The van der Waals surface area contributed by atoms with Gasteiger partial charge in [-0.25, -0.2) is 4.79 Å². The zero-order valence-electron chi connectivity index (χ0n) is 19.8. The zero-order chi connectivity index (χ0) is 25.0. The average Bonchev–Trinajstić information content (AvgIpc) is 2.86. The van der Waals surface area contributed by atoms with Crippen molar-refractivity contribution in [2.45, 2.75) is 57.2 Å². The Hall–Kier alpha value is -2.87. The van der Waals surface area contributed by atoms with Crippen LogP contribution >= 0.6 is 0 Å². The molecule has 0 amide bonds. The predicted octanol–water partition coefficient (Wildman–Crippen LogP) is 5.20. The SMILES string of the molecule is COCCn1c(=O)[nH]c([C@H]2CC[C@H](C3C=CC=CC3)CC2)c(Cc2cccc(C(F)(F)F)c2)c1=O.